The van der Waals surface area contributed by atoms with E-state index in [1.807, 2.05) is 74.8 Å². The Kier molecular flexibility index (Phi) is 5.70. The molecule has 4 rings (SSSR count). The number of amides is 1. The molecule has 0 aliphatic carbocycles. The summed E-state index contributed by atoms with van der Waals surface area (Å²) in [5.74, 6) is 0.239. The van der Waals surface area contributed by atoms with Crippen LogP contribution in [0.3, 0.4) is 0 Å². The molecule has 0 saturated heterocycles. The van der Waals surface area contributed by atoms with E-state index in [-0.39, 0.29) is 5.91 Å². The van der Waals surface area contributed by atoms with Crippen LogP contribution >= 0.6 is 11.3 Å². The van der Waals surface area contributed by atoms with Crippen molar-refractivity contribution in [2.24, 2.45) is 0 Å². The van der Waals surface area contributed by atoms with Gasteiger partial charge in [-0.3, -0.25) is 4.79 Å². The second-order valence-electron chi connectivity index (χ2n) is 6.81. The van der Waals surface area contributed by atoms with Crippen molar-refractivity contribution in [3.63, 3.8) is 0 Å². The van der Waals surface area contributed by atoms with Crippen LogP contribution in [-0.2, 0) is 17.9 Å². The van der Waals surface area contributed by atoms with Crippen LogP contribution < -0.4 is 15.1 Å². The molecule has 0 bridgehead atoms. The molecule has 0 atom stereocenters. The van der Waals surface area contributed by atoms with Gasteiger partial charge in [-0.05, 0) is 53.2 Å². The molecule has 8 heteroatoms. The Balaban J connectivity index is 1.67. The Bertz CT molecular complexity index is 1210. The van der Waals surface area contributed by atoms with Crippen LogP contribution in [0.4, 0.5) is 11.4 Å². The number of benzene rings is 2. The first-order valence-electron chi connectivity index (χ1n) is 9.39. The molecule has 0 unspecified atom stereocenters. The van der Waals surface area contributed by atoms with Crippen molar-refractivity contribution in [1.29, 1.82) is 0 Å². The van der Waals surface area contributed by atoms with Crippen molar-refractivity contribution in [3.05, 3.63) is 82.2 Å². The quantitative estimate of drug-likeness (QED) is 0.292. The first-order chi connectivity index (χ1) is 14.6. The number of carbonyl (C=O) groups is 1. The van der Waals surface area contributed by atoms with Crippen molar-refractivity contribution in [1.82, 2.24) is 14.4 Å². The molecule has 7 nitrogen and oxygen atoms in total. The molecule has 1 amide bonds. The van der Waals surface area contributed by atoms with E-state index >= 15 is 0 Å². The maximum absolute atomic E-state index is 11.9. The van der Waals surface area contributed by atoms with Gasteiger partial charge in [0.2, 0.25) is 5.91 Å². The van der Waals surface area contributed by atoms with Crippen LogP contribution in [0, 0.1) is 4.91 Å². The highest BCUT2D eigenvalue weighted by molar-refractivity contribution is 7.07. The fourth-order valence-corrected chi connectivity index (χ4v) is 3.94. The van der Waals surface area contributed by atoms with Gasteiger partial charge in [-0.25, -0.2) is 9.88 Å². The van der Waals surface area contributed by atoms with Crippen molar-refractivity contribution in [2.45, 2.75) is 20.0 Å². The summed E-state index contributed by atoms with van der Waals surface area (Å²) in [5, 5.41) is 6.81. The number of thiophene rings is 1. The van der Waals surface area contributed by atoms with Gasteiger partial charge >= 0.3 is 5.84 Å². The molecule has 2 aromatic carbocycles. The summed E-state index contributed by atoms with van der Waals surface area (Å²) in [7, 11) is 0. The van der Waals surface area contributed by atoms with E-state index in [9.17, 15) is 9.70 Å². The van der Waals surface area contributed by atoms with Gasteiger partial charge in [0.1, 0.15) is 18.8 Å². The number of aromatic nitrogens is 2. The molecule has 2 aromatic heterocycles. The summed E-state index contributed by atoms with van der Waals surface area (Å²) in [5.41, 5.74) is 4.40. The highest BCUT2D eigenvalue weighted by Gasteiger charge is 2.27. The smallest absolute Gasteiger partial charge is 0.326 e. The van der Waals surface area contributed by atoms with E-state index in [0.29, 0.717) is 24.6 Å². The average Bonchev–Trinajstić information content (AvgIpc) is 3.41. The average molecular weight is 419 g/mol. The van der Waals surface area contributed by atoms with E-state index in [4.69, 9.17) is 0 Å². The molecule has 2 heterocycles. The number of amidine groups is 1. The lowest BCUT2D eigenvalue weighted by atomic mass is 10.2. The van der Waals surface area contributed by atoms with Crippen LogP contribution in [0.5, 0.6) is 0 Å². The lowest BCUT2D eigenvalue weighted by Crippen LogP contribution is -2.35. The van der Waals surface area contributed by atoms with E-state index < -0.39 is 0 Å². The number of carbonyl (C=O) groups excluding carboxylic acids is 1. The maximum atomic E-state index is 11.9. The molecule has 0 saturated carbocycles. The summed E-state index contributed by atoms with van der Waals surface area (Å²) < 4.78 is 1.92. The number of nitrogens with zero attached hydrogens (tertiary/aromatic N) is 4. The van der Waals surface area contributed by atoms with Crippen molar-refractivity contribution >= 4 is 45.5 Å². The summed E-state index contributed by atoms with van der Waals surface area (Å²) in [6.45, 7) is 2.27. The topological polar surface area (TPSA) is 81.3 Å². The first kappa shape index (κ1) is 19.6. The molecule has 0 aliphatic rings. The van der Waals surface area contributed by atoms with Gasteiger partial charge in [0.15, 0.2) is 0 Å². The monoisotopic (exact) mass is 418 g/mol. The van der Waals surface area contributed by atoms with E-state index in [0.717, 1.165) is 22.3 Å². The van der Waals surface area contributed by atoms with Gasteiger partial charge < -0.3 is 9.88 Å². The number of hydrogen-bond acceptors (Lipinski definition) is 4. The lowest BCUT2D eigenvalue weighted by Gasteiger charge is -2.16. The Hall–Kier alpha value is -3.74. The van der Waals surface area contributed by atoms with Crippen molar-refractivity contribution in [2.75, 3.05) is 10.2 Å². The second kappa shape index (κ2) is 8.73. The second-order valence-corrected chi connectivity index (χ2v) is 7.59. The molecule has 0 aliphatic heterocycles. The molecule has 0 fully saturated rings. The fourth-order valence-electron chi connectivity index (χ4n) is 3.28. The summed E-state index contributed by atoms with van der Waals surface area (Å²) in [4.78, 5) is 32.9. The van der Waals surface area contributed by atoms with E-state index in [2.05, 4.69) is 15.2 Å². The minimum Gasteiger partial charge on any atom is -0.326 e. The number of anilines is 2. The summed E-state index contributed by atoms with van der Waals surface area (Å²) >= 11 is 1.61. The number of imidazole rings is 1. The standard InChI is InChI=1S/C22H19N5O2S/c1-16(28)24-18-6-8-19(9-7-18)27(12-17-10-11-30-14-17)22(25-29)13-26-15-23-20-4-2-3-5-21(20)26/h2-11,14-15H,12-13H2,1H3/p+1. The maximum Gasteiger partial charge on any atom is 0.428 e. The van der Waals surface area contributed by atoms with Crippen LogP contribution in [0.1, 0.15) is 12.5 Å². The lowest BCUT2D eigenvalue weighted by molar-refractivity contribution is -0.114. The number of para-hydroxylation sites is 2. The van der Waals surface area contributed by atoms with E-state index in [1.165, 1.54) is 6.92 Å². The summed E-state index contributed by atoms with van der Waals surface area (Å²) in [6, 6.07) is 17.2. The third-order valence-corrected chi connectivity index (χ3v) is 5.41. The van der Waals surface area contributed by atoms with Gasteiger partial charge in [0.25, 0.3) is 0 Å². The Morgan fingerprint density at radius 1 is 1.17 bits per heavy atom. The first-order valence-corrected chi connectivity index (χ1v) is 10.3. The zero-order valence-corrected chi connectivity index (χ0v) is 17.2. The minimum atomic E-state index is -0.133. The zero-order valence-electron chi connectivity index (χ0n) is 16.4. The Labute approximate surface area is 177 Å². The predicted molar refractivity (Wildman–Crippen MR) is 121 cm³/mol. The Morgan fingerprint density at radius 3 is 2.67 bits per heavy atom. The molecule has 0 radical (unpaired) electrons. The van der Waals surface area contributed by atoms with Crippen LogP contribution in [0.25, 0.3) is 11.0 Å². The molecule has 30 heavy (non-hydrogen) atoms. The van der Waals surface area contributed by atoms with Crippen LogP contribution in [0.15, 0.2) is 71.7 Å². The highest BCUT2D eigenvalue weighted by atomic mass is 32.1. The number of rotatable bonds is 6. The van der Waals surface area contributed by atoms with Crippen molar-refractivity contribution < 1.29 is 4.79 Å². The number of nitroso groups, excluding NO2 is 1. The van der Waals surface area contributed by atoms with Gasteiger partial charge in [-0.1, -0.05) is 12.1 Å². The largest absolute Gasteiger partial charge is 0.428 e. The molecule has 150 valence electrons. The molecule has 4 aromatic rings. The normalized spacial score (nSPS) is 10.6. The van der Waals surface area contributed by atoms with Gasteiger partial charge in [0, 0.05) is 23.1 Å². The molecule has 1 N–H and O–H groups in total. The molecular weight excluding hydrogens is 398 g/mol. The minimum absolute atomic E-state index is 0.133. The van der Waals surface area contributed by atoms with Crippen LogP contribution in [0.2, 0.25) is 0 Å². The SMILES string of the molecule is CC(=O)Nc1ccc(N(Cc2ccsc2)C(Cn2cnc3ccccc32)=[N+]=O)cc1. The Morgan fingerprint density at radius 2 is 1.97 bits per heavy atom. The van der Waals surface area contributed by atoms with Crippen LogP contribution in [-0.4, -0.2) is 21.3 Å². The number of fused-ring (bicyclic) bond motifs is 1. The number of nitrogens with one attached hydrogen (secondary N) is 1. The van der Waals surface area contributed by atoms with E-state index in [1.54, 1.807) is 17.7 Å². The number of hydrogen-bond donors (Lipinski definition) is 1. The molecule has 0 spiro atoms. The van der Waals surface area contributed by atoms with Gasteiger partial charge in [-0.2, -0.15) is 11.3 Å². The molecular formula is C22H20N5O2S+. The highest BCUT2D eigenvalue weighted by Crippen LogP contribution is 2.22. The zero-order chi connectivity index (χ0) is 20.9. The fraction of sp³-hybridized carbons (Fsp3) is 0.136. The summed E-state index contributed by atoms with van der Waals surface area (Å²) in [6.07, 6.45) is 1.72. The van der Waals surface area contributed by atoms with Crippen molar-refractivity contribution in [3.8, 4) is 0 Å². The third-order valence-electron chi connectivity index (χ3n) is 4.68. The van der Waals surface area contributed by atoms with Gasteiger partial charge in [-0.15, -0.1) is 0 Å². The third kappa shape index (κ3) is 4.30. The van der Waals surface area contributed by atoms with Gasteiger partial charge in [0.05, 0.1) is 22.2 Å². The predicted octanol–water partition coefficient (Wildman–Crippen LogP) is 4.00.